The monoisotopic (exact) mass is 313 g/mol. The van der Waals surface area contributed by atoms with Crippen molar-refractivity contribution in [1.29, 1.82) is 0 Å². The number of nitrogens with zero attached hydrogens (tertiary/aromatic N) is 1. The van der Waals surface area contributed by atoms with Crippen molar-refractivity contribution in [3.05, 3.63) is 51.5 Å². The normalized spacial score (nSPS) is 9.55. The maximum absolute atomic E-state index is 11.8. The fraction of sp³-hybridized carbons (Fsp3) is 0.188. The van der Waals surface area contributed by atoms with Crippen molar-refractivity contribution in [3.8, 4) is 11.8 Å². The Bertz CT molecular complexity index is 756. The molecule has 0 aliphatic rings. The molecule has 6 heteroatoms. The first-order valence-corrected chi connectivity index (χ1v) is 7.50. The number of carbonyl (C=O) groups is 2. The molecule has 0 bridgehead atoms. The summed E-state index contributed by atoms with van der Waals surface area (Å²) in [6, 6.07) is 7.07. The van der Waals surface area contributed by atoms with Crippen molar-refractivity contribution in [2.75, 3.05) is 13.6 Å². The minimum absolute atomic E-state index is 0.188. The Hall–Kier alpha value is -2.65. The van der Waals surface area contributed by atoms with Gasteiger partial charge in [-0.3, -0.25) is 9.59 Å². The van der Waals surface area contributed by atoms with Crippen molar-refractivity contribution in [3.63, 3.8) is 0 Å². The lowest BCUT2D eigenvalue weighted by molar-refractivity contribution is 0.0949. The van der Waals surface area contributed by atoms with Gasteiger partial charge in [0.25, 0.3) is 11.8 Å². The van der Waals surface area contributed by atoms with Gasteiger partial charge in [-0.05, 0) is 19.1 Å². The van der Waals surface area contributed by atoms with Crippen molar-refractivity contribution >= 4 is 23.2 Å². The summed E-state index contributed by atoms with van der Waals surface area (Å²) < 4.78 is 0. The lowest BCUT2D eigenvalue weighted by Crippen LogP contribution is -2.24. The molecule has 0 saturated heterocycles. The Balaban J connectivity index is 2.00. The van der Waals surface area contributed by atoms with E-state index in [2.05, 4.69) is 27.5 Å². The minimum atomic E-state index is -0.252. The zero-order valence-corrected chi connectivity index (χ0v) is 13.1. The molecule has 5 nitrogen and oxygen atoms in total. The molecule has 2 rings (SSSR count). The van der Waals surface area contributed by atoms with Crippen LogP contribution in [0.1, 0.15) is 31.4 Å². The van der Waals surface area contributed by atoms with Crippen molar-refractivity contribution < 1.29 is 9.59 Å². The summed E-state index contributed by atoms with van der Waals surface area (Å²) in [4.78, 5) is 27.6. The number of carbonyl (C=O) groups excluding carboxylic acids is 2. The third-order valence-electron chi connectivity index (χ3n) is 2.81. The molecule has 0 aliphatic heterocycles. The summed E-state index contributed by atoms with van der Waals surface area (Å²) in [7, 11) is 1.57. The van der Waals surface area contributed by atoms with Gasteiger partial charge in [-0.25, -0.2) is 4.98 Å². The van der Waals surface area contributed by atoms with Crippen LogP contribution in [-0.4, -0.2) is 30.4 Å². The van der Waals surface area contributed by atoms with Crippen LogP contribution in [0.2, 0.25) is 0 Å². The fourth-order valence-electron chi connectivity index (χ4n) is 1.75. The molecule has 0 saturated carbocycles. The standard InChI is InChI=1S/C16H15N3O2S/c1-11-19-14(10-22-11)16(21)18-9-5-7-12-6-3-4-8-13(12)15(20)17-2/h3-4,6,8,10H,9H2,1-2H3,(H,17,20)(H,18,21). The van der Waals surface area contributed by atoms with E-state index in [1.807, 2.05) is 13.0 Å². The van der Waals surface area contributed by atoms with E-state index in [0.717, 1.165) is 5.01 Å². The molecule has 0 fully saturated rings. The second kappa shape index (κ2) is 7.38. The number of thiazole rings is 1. The molecule has 22 heavy (non-hydrogen) atoms. The molecule has 0 atom stereocenters. The van der Waals surface area contributed by atoms with Crippen molar-refractivity contribution in [2.45, 2.75) is 6.92 Å². The van der Waals surface area contributed by atoms with E-state index in [1.54, 1.807) is 30.6 Å². The van der Waals surface area contributed by atoms with Gasteiger partial charge in [0.15, 0.2) is 0 Å². The van der Waals surface area contributed by atoms with Crippen LogP contribution in [0.3, 0.4) is 0 Å². The Morgan fingerprint density at radius 1 is 1.27 bits per heavy atom. The minimum Gasteiger partial charge on any atom is -0.355 e. The maximum atomic E-state index is 11.8. The van der Waals surface area contributed by atoms with Crippen LogP contribution in [-0.2, 0) is 0 Å². The average Bonchev–Trinajstić information content (AvgIpc) is 2.97. The zero-order valence-electron chi connectivity index (χ0n) is 12.3. The third-order valence-corrected chi connectivity index (χ3v) is 3.58. The summed E-state index contributed by atoms with van der Waals surface area (Å²) in [5.74, 6) is 5.30. The van der Waals surface area contributed by atoms with Crippen molar-refractivity contribution in [1.82, 2.24) is 15.6 Å². The van der Waals surface area contributed by atoms with E-state index in [9.17, 15) is 9.59 Å². The van der Waals surface area contributed by atoms with Crippen LogP contribution in [0.15, 0.2) is 29.6 Å². The lowest BCUT2D eigenvalue weighted by atomic mass is 10.1. The summed E-state index contributed by atoms with van der Waals surface area (Å²) in [6.45, 7) is 2.04. The van der Waals surface area contributed by atoms with Crippen LogP contribution >= 0.6 is 11.3 Å². The second-order valence-electron chi connectivity index (χ2n) is 4.36. The second-order valence-corrected chi connectivity index (χ2v) is 5.42. The van der Waals surface area contributed by atoms with Crippen LogP contribution in [0.5, 0.6) is 0 Å². The molecule has 2 aromatic rings. The van der Waals surface area contributed by atoms with Gasteiger partial charge in [0.05, 0.1) is 17.1 Å². The van der Waals surface area contributed by atoms with E-state index in [1.165, 1.54) is 11.3 Å². The predicted molar refractivity (Wildman–Crippen MR) is 85.9 cm³/mol. The third kappa shape index (κ3) is 3.93. The topological polar surface area (TPSA) is 71.1 Å². The van der Waals surface area contributed by atoms with Gasteiger partial charge in [-0.2, -0.15) is 0 Å². The largest absolute Gasteiger partial charge is 0.355 e. The summed E-state index contributed by atoms with van der Waals surface area (Å²) >= 11 is 1.42. The number of aryl methyl sites for hydroxylation is 1. The van der Waals surface area contributed by atoms with E-state index in [4.69, 9.17) is 0 Å². The van der Waals surface area contributed by atoms with E-state index in [-0.39, 0.29) is 18.4 Å². The number of hydrogen-bond donors (Lipinski definition) is 2. The van der Waals surface area contributed by atoms with Crippen LogP contribution in [0.25, 0.3) is 0 Å². The Kier molecular flexibility index (Phi) is 5.28. The van der Waals surface area contributed by atoms with Gasteiger partial charge < -0.3 is 10.6 Å². The SMILES string of the molecule is CNC(=O)c1ccccc1C#CCNC(=O)c1csc(C)n1. The highest BCUT2D eigenvalue weighted by Crippen LogP contribution is 2.08. The van der Waals surface area contributed by atoms with Gasteiger partial charge in [0.1, 0.15) is 5.69 Å². The molecule has 1 heterocycles. The zero-order chi connectivity index (χ0) is 15.9. The summed E-state index contributed by atoms with van der Waals surface area (Å²) in [5, 5.41) is 7.80. The van der Waals surface area contributed by atoms with Gasteiger partial charge in [-0.15, -0.1) is 11.3 Å². The number of amides is 2. The Labute approximate surface area is 132 Å². The van der Waals surface area contributed by atoms with Gasteiger partial charge in [0.2, 0.25) is 0 Å². The van der Waals surface area contributed by atoms with E-state index >= 15 is 0 Å². The summed E-state index contributed by atoms with van der Waals surface area (Å²) in [5.41, 5.74) is 1.54. The average molecular weight is 313 g/mol. The van der Waals surface area contributed by atoms with E-state index in [0.29, 0.717) is 16.8 Å². The molecule has 1 aromatic carbocycles. The lowest BCUT2D eigenvalue weighted by Gasteiger charge is -2.02. The molecule has 112 valence electrons. The fourth-order valence-corrected chi connectivity index (χ4v) is 2.34. The Morgan fingerprint density at radius 2 is 2.05 bits per heavy atom. The van der Waals surface area contributed by atoms with Crippen LogP contribution in [0.4, 0.5) is 0 Å². The number of aromatic nitrogens is 1. The first-order valence-electron chi connectivity index (χ1n) is 6.62. The highest BCUT2D eigenvalue weighted by atomic mass is 32.1. The molecular weight excluding hydrogens is 298 g/mol. The molecule has 1 aromatic heterocycles. The van der Waals surface area contributed by atoms with Crippen molar-refractivity contribution in [2.24, 2.45) is 0 Å². The number of rotatable bonds is 3. The van der Waals surface area contributed by atoms with Gasteiger partial charge in [0, 0.05) is 18.0 Å². The van der Waals surface area contributed by atoms with Gasteiger partial charge in [-0.1, -0.05) is 24.0 Å². The molecule has 0 spiro atoms. The maximum Gasteiger partial charge on any atom is 0.271 e. The Morgan fingerprint density at radius 3 is 2.73 bits per heavy atom. The van der Waals surface area contributed by atoms with Crippen LogP contribution in [0, 0.1) is 18.8 Å². The molecular formula is C16H15N3O2S. The number of hydrogen-bond acceptors (Lipinski definition) is 4. The van der Waals surface area contributed by atoms with Gasteiger partial charge >= 0.3 is 0 Å². The predicted octanol–water partition coefficient (Wildman–Crippen LogP) is 1.59. The number of nitrogens with one attached hydrogen (secondary N) is 2. The van der Waals surface area contributed by atoms with E-state index < -0.39 is 0 Å². The molecule has 0 radical (unpaired) electrons. The summed E-state index contributed by atoms with van der Waals surface area (Å²) in [6.07, 6.45) is 0. The molecule has 0 unspecified atom stereocenters. The highest BCUT2D eigenvalue weighted by Gasteiger charge is 2.08. The van der Waals surface area contributed by atoms with Crippen LogP contribution < -0.4 is 10.6 Å². The first kappa shape index (κ1) is 15.7. The number of benzene rings is 1. The highest BCUT2D eigenvalue weighted by molar-refractivity contribution is 7.09. The smallest absolute Gasteiger partial charge is 0.271 e. The quantitative estimate of drug-likeness (QED) is 0.846. The molecule has 2 N–H and O–H groups in total. The first-order chi connectivity index (χ1) is 10.6. The molecule has 0 aliphatic carbocycles. The molecule has 2 amide bonds.